The quantitative estimate of drug-likeness (QED) is 0.220. The van der Waals surface area contributed by atoms with E-state index in [1.807, 2.05) is 66.7 Å². The molecule has 3 rings (SSSR count). The van der Waals surface area contributed by atoms with Crippen LogP contribution in [-0.4, -0.2) is 33.4 Å². The fourth-order valence-electron chi connectivity index (χ4n) is 2.86. The van der Waals surface area contributed by atoms with E-state index in [0.29, 0.717) is 17.1 Å². The number of ether oxygens (including phenoxy) is 4. The molecule has 0 N–H and O–H groups in total. The molecule has 0 aliphatic heterocycles. The Bertz CT molecular complexity index is 978. The maximum atomic E-state index is 12.8. The molecule has 0 amide bonds. The summed E-state index contributed by atoms with van der Waals surface area (Å²) in [6, 6.07) is 24.1. The van der Waals surface area contributed by atoms with Crippen molar-refractivity contribution in [1.82, 2.24) is 0 Å². The molecular weight excluding hydrogens is 380 g/mol. The summed E-state index contributed by atoms with van der Waals surface area (Å²) in [5, 5.41) is 0. The highest BCUT2D eigenvalue weighted by molar-refractivity contribution is 6.21. The van der Waals surface area contributed by atoms with Crippen LogP contribution < -0.4 is 14.2 Å². The number of para-hydroxylation sites is 1. The van der Waals surface area contributed by atoms with Crippen LogP contribution in [-0.2, 0) is 9.53 Å². The largest absolute Gasteiger partial charge is 0.497 e. The smallest absolute Gasteiger partial charge is 0.338 e. The topological polar surface area (TPSA) is 54.0 Å². The van der Waals surface area contributed by atoms with E-state index in [9.17, 15) is 4.79 Å². The highest BCUT2D eigenvalue weighted by Gasteiger charge is 2.15. The second-order valence-corrected chi connectivity index (χ2v) is 6.33. The molecule has 0 bridgehead atoms. The second kappa shape index (κ2) is 10.7. The average molecular weight is 404 g/mol. The fourth-order valence-corrected chi connectivity index (χ4v) is 2.86. The molecule has 0 radical (unpaired) electrons. The van der Waals surface area contributed by atoms with Crippen molar-refractivity contribution < 1.29 is 23.7 Å². The molecule has 0 spiro atoms. The first-order valence-electron chi connectivity index (χ1n) is 9.55. The van der Waals surface area contributed by atoms with Gasteiger partial charge < -0.3 is 18.9 Å². The van der Waals surface area contributed by atoms with E-state index in [2.05, 4.69) is 0 Å². The lowest BCUT2D eigenvalue weighted by atomic mass is 10.0. The normalized spacial score (nSPS) is 10.9. The van der Waals surface area contributed by atoms with Crippen molar-refractivity contribution in [2.45, 2.75) is 0 Å². The van der Waals surface area contributed by atoms with E-state index in [4.69, 9.17) is 18.9 Å². The van der Waals surface area contributed by atoms with Gasteiger partial charge in [-0.1, -0.05) is 48.5 Å². The van der Waals surface area contributed by atoms with E-state index in [1.54, 1.807) is 32.4 Å². The Morgan fingerprint density at radius 1 is 0.767 bits per heavy atom. The number of methoxy groups -OCH3 is 2. The highest BCUT2D eigenvalue weighted by Crippen LogP contribution is 2.25. The van der Waals surface area contributed by atoms with Gasteiger partial charge in [0.1, 0.15) is 30.5 Å². The molecule has 0 heterocycles. The summed E-state index contributed by atoms with van der Waals surface area (Å²) in [4.78, 5) is 12.8. The van der Waals surface area contributed by atoms with Gasteiger partial charge in [-0.15, -0.1) is 0 Å². The number of benzene rings is 3. The summed E-state index contributed by atoms with van der Waals surface area (Å²) >= 11 is 0. The molecule has 0 saturated carbocycles. The van der Waals surface area contributed by atoms with Gasteiger partial charge in [0.05, 0.1) is 19.8 Å². The first-order valence-corrected chi connectivity index (χ1v) is 9.55. The number of hydrogen-bond donors (Lipinski definition) is 0. The molecule has 0 fully saturated rings. The third-order valence-corrected chi connectivity index (χ3v) is 4.39. The third kappa shape index (κ3) is 5.64. The minimum atomic E-state index is -0.426. The predicted octanol–water partition coefficient (Wildman–Crippen LogP) is 4.87. The van der Waals surface area contributed by atoms with Crippen molar-refractivity contribution in [1.29, 1.82) is 0 Å². The Morgan fingerprint density at radius 3 is 2.13 bits per heavy atom. The lowest BCUT2D eigenvalue weighted by molar-refractivity contribution is -0.137. The highest BCUT2D eigenvalue weighted by atomic mass is 16.6. The van der Waals surface area contributed by atoms with Crippen molar-refractivity contribution >= 4 is 17.6 Å². The Kier molecular flexibility index (Phi) is 7.50. The lowest BCUT2D eigenvalue weighted by Crippen LogP contribution is -2.13. The van der Waals surface area contributed by atoms with Crippen LogP contribution in [0.5, 0.6) is 17.2 Å². The van der Waals surface area contributed by atoms with Crippen LogP contribution in [0.4, 0.5) is 0 Å². The molecule has 0 aliphatic carbocycles. The van der Waals surface area contributed by atoms with Gasteiger partial charge in [-0.25, -0.2) is 4.79 Å². The Morgan fingerprint density at radius 2 is 1.43 bits per heavy atom. The van der Waals surface area contributed by atoms with Gasteiger partial charge in [-0.2, -0.15) is 0 Å². The van der Waals surface area contributed by atoms with Gasteiger partial charge in [-0.05, 0) is 42.0 Å². The van der Waals surface area contributed by atoms with E-state index in [-0.39, 0.29) is 13.2 Å². The Labute approximate surface area is 176 Å². The molecule has 3 aromatic carbocycles. The van der Waals surface area contributed by atoms with Crippen molar-refractivity contribution in [3.63, 3.8) is 0 Å². The molecule has 154 valence electrons. The molecule has 0 unspecified atom stereocenters. The zero-order valence-corrected chi connectivity index (χ0v) is 17.0. The molecule has 30 heavy (non-hydrogen) atoms. The SMILES string of the molecule is COc1ccc(OCCOC(=O)/C(=C/c2ccccc2OC)c2ccccc2)cc1. The third-order valence-electron chi connectivity index (χ3n) is 4.39. The minimum absolute atomic E-state index is 0.126. The van der Waals surface area contributed by atoms with Crippen LogP contribution in [0.15, 0.2) is 78.9 Å². The van der Waals surface area contributed by atoms with Crippen LogP contribution >= 0.6 is 0 Å². The van der Waals surface area contributed by atoms with Crippen LogP contribution in [0.2, 0.25) is 0 Å². The van der Waals surface area contributed by atoms with Crippen LogP contribution in [0.25, 0.3) is 11.6 Å². The molecule has 5 heteroatoms. The van der Waals surface area contributed by atoms with E-state index in [1.165, 1.54) is 0 Å². The molecule has 0 atom stereocenters. The van der Waals surface area contributed by atoms with Crippen molar-refractivity contribution in [3.8, 4) is 17.2 Å². The van der Waals surface area contributed by atoms with Gasteiger partial charge >= 0.3 is 5.97 Å². The first-order chi connectivity index (χ1) is 14.7. The van der Waals surface area contributed by atoms with Crippen LogP contribution in [0, 0.1) is 0 Å². The Balaban J connectivity index is 1.69. The van der Waals surface area contributed by atoms with Crippen LogP contribution in [0.1, 0.15) is 11.1 Å². The molecule has 3 aromatic rings. The van der Waals surface area contributed by atoms with Crippen LogP contribution in [0.3, 0.4) is 0 Å². The zero-order chi connectivity index (χ0) is 21.2. The summed E-state index contributed by atoms with van der Waals surface area (Å²) in [5.41, 5.74) is 2.01. The molecule has 0 saturated heterocycles. The average Bonchev–Trinajstić information content (AvgIpc) is 2.81. The maximum Gasteiger partial charge on any atom is 0.338 e. The molecule has 0 aromatic heterocycles. The lowest BCUT2D eigenvalue weighted by Gasteiger charge is -2.11. The summed E-state index contributed by atoms with van der Waals surface area (Å²) < 4.78 is 21.6. The number of hydrogen-bond acceptors (Lipinski definition) is 5. The van der Waals surface area contributed by atoms with Gasteiger partial charge in [0.25, 0.3) is 0 Å². The monoisotopic (exact) mass is 404 g/mol. The zero-order valence-electron chi connectivity index (χ0n) is 17.0. The van der Waals surface area contributed by atoms with Crippen molar-refractivity contribution in [2.24, 2.45) is 0 Å². The summed E-state index contributed by atoms with van der Waals surface area (Å²) in [5.74, 6) is 1.69. The summed E-state index contributed by atoms with van der Waals surface area (Å²) in [6.07, 6.45) is 1.78. The van der Waals surface area contributed by atoms with Crippen molar-refractivity contribution in [2.75, 3.05) is 27.4 Å². The first kappa shape index (κ1) is 21.0. The second-order valence-electron chi connectivity index (χ2n) is 6.33. The number of carbonyl (C=O) groups is 1. The predicted molar refractivity (Wildman–Crippen MR) is 117 cm³/mol. The molecule has 0 aliphatic rings. The standard InChI is InChI=1S/C25H24O5/c1-27-21-12-14-22(15-13-21)29-16-17-30-25(26)23(19-8-4-3-5-9-19)18-20-10-6-7-11-24(20)28-2/h3-15,18H,16-17H2,1-2H3/b23-18+. The van der Waals surface area contributed by atoms with E-state index < -0.39 is 5.97 Å². The number of rotatable bonds is 9. The van der Waals surface area contributed by atoms with Gasteiger partial charge in [0, 0.05) is 5.56 Å². The summed E-state index contributed by atoms with van der Waals surface area (Å²) in [6.45, 7) is 0.371. The van der Waals surface area contributed by atoms with Gasteiger partial charge in [0.15, 0.2) is 0 Å². The number of esters is 1. The maximum absolute atomic E-state index is 12.8. The molecular formula is C25H24O5. The van der Waals surface area contributed by atoms with Gasteiger partial charge in [0.2, 0.25) is 0 Å². The minimum Gasteiger partial charge on any atom is -0.497 e. The van der Waals surface area contributed by atoms with E-state index >= 15 is 0 Å². The fraction of sp³-hybridized carbons (Fsp3) is 0.160. The van der Waals surface area contributed by atoms with Crippen molar-refractivity contribution in [3.05, 3.63) is 90.0 Å². The molecule has 5 nitrogen and oxygen atoms in total. The Hall–Kier alpha value is -3.73. The summed E-state index contributed by atoms with van der Waals surface area (Å²) in [7, 11) is 3.21. The number of carbonyl (C=O) groups excluding carboxylic acids is 1. The van der Waals surface area contributed by atoms with Gasteiger partial charge in [-0.3, -0.25) is 0 Å². The van der Waals surface area contributed by atoms with E-state index in [0.717, 1.165) is 16.9 Å².